The lowest BCUT2D eigenvalue weighted by molar-refractivity contribution is 0.0948. The molecule has 0 radical (unpaired) electrons. The number of carbonyl (C=O) groups excluding carboxylic acids is 1. The molecule has 0 atom stereocenters. The summed E-state index contributed by atoms with van der Waals surface area (Å²) < 4.78 is 24.3. The summed E-state index contributed by atoms with van der Waals surface area (Å²) in [5.74, 6) is 1.34. The zero-order valence-corrected chi connectivity index (χ0v) is 17.6. The molecule has 0 spiro atoms. The Kier molecular flexibility index (Phi) is 5.32. The minimum Gasteiger partial charge on any atom is -0.467 e. The van der Waals surface area contributed by atoms with Crippen LogP contribution >= 0.6 is 0 Å². The Morgan fingerprint density at radius 1 is 1.09 bits per heavy atom. The van der Waals surface area contributed by atoms with Gasteiger partial charge in [0.15, 0.2) is 0 Å². The Labute approximate surface area is 188 Å². The number of benzene rings is 2. The van der Waals surface area contributed by atoms with Crippen LogP contribution in [0.2, 0.25) is 0 Å². The quantitative estimate of drug-likeness (QED) is 0.369. The summed E-state index contributed by atoms with van der Waals surface area (Å²) in [5.41, 5.74) is 3.79. The van der Waals surface area contributed by atoms with E-state index in [9.17, 15) is 9.18 Å². The predicted molar refractivity (Wildman–Crippen MR) is 120 cm³/mol. The van der Waals surface area contributed by atoms with Crippen LogP contribution < -0.4 is 5.32 Å². The van der Waals surface area contributed by atoms with Gasteiger partial charge in [-0.15, -0.1) is 0 Å². The van der Waals surface area contributed by atoms with E-state index in [4.69, 9.17) is 8.94 Å². The van der Waals surface area contributed by atoms with Crippen molar-refractivity contribution < 1.29 is 18.1 Å². The zero-order chi connectivity index (χ0) is 22.8. The molecule has 2 aromatic carbocycles. The number of hydrogen-bond donors (Lipinski definition) is 2. The molecule has 7 nitrogen and oxygen atoms in total. The van der Waals surface area contributed by atoms with Gasteiger partial charge >= 0.3 is 0 Å². The maximum Gasteiger partial charge on any atom is 0.251 e. The molecule has 0 aliphatic heterocycles. The Morgan fingerprint density at radius 3 is 2.70 bits per heavy atom. The monoisotopic (exact) mass is 442 g/mol. The van der Waals surface area contributed by atoms with Gasteiger partial charge in [-0.2, -0.15) is 0 Å². The van der Waals surface area contributed by atoms with Gasteiger partial charge in [-0.3, -0.25) is 4.79 Å². The van der Waals surface area contributed by atoms with Crippen molar-refractivity contribution in [1.82, 2.24) is 20.4 Å². The highest BCUT2D eigenvalue weighted by atomic mass is 19.1. The van der Waals surface area contributed by atoms with E-state index in [0.29, 0.717) is 52.0 Å². The predicted octanol–water partition coefficient (Wildman–Crippen LogP) is 5.37. The summed E-state index contributed by atoms with van der Waals surface area (Å²) in [4.78, 5) is 20.2. The normalized spacial score (nSPS) is 11.0. The maximum absolute atomic E-state index is 13.7. The third-order valence-electron chi connectivity index (χ3n) is 5.22. The Bertz CT molecular complexity index is 1400. The second-order valence-corrected chi connectivity index (χ2v) is 7.45. The number of imidazole rings is 1. The lowest BCUT2D eigenvalue weighted by Crippen LogP contribution is -2.22. The number of aryl methyl sites for hydroxylation is 1. The number of nitrogens with zero attached hydrogens (tertiary/aromatic N) is 2. The standard InChI is InChI=1S/C25H19FN4O3/c1-15-22(23(30-33-15)18-4-2-5-19(26)12-18)21-14-27-24(29-21)16-7-9-17(10-8-16)25(31)28-13-20-6-3-11-32-20/h2-12,14H,13H2,1H3,(H,27,29)(H,28,31). The molecule has 0 aliphatic carbocycles. The third-order valence-corrected chi connectivity index (χ3v) is 5.22. The highest BCUT2D eigenvalue weighted by molar-refractivity contribution is 5.94. The zero-order valence-electron chi connectivity index (χ0n) is 17.6. The summed E-state index contributed by atoms with van der Waals surface area (Å²) in [5, 5.41) is 6.92. The van der Waals surface area contributed by atoms with Crippen LogP contribution in [0.25, 0.3) is 33.9 Å². The number of furan rings is 1. The topological polar surface area (TPSA) is 97.0 Å². The van der Waals surface area contributed by atoms with Crippen molar-refractivity contribution in [2.45, 2.75) is 13.5 Å². The third kappa shape index (κ3) is 4.18. The number of aromatic amines is 1. The average molecular weight is 442 g/mol. The number of carbonyl (C=O) groups is 1. The second-order valence-electron chi connectivity index (χ2n) is 7.45. The lowest BCUT2D eigenvalue weighted by atomic mass is 10.0. The Morgan fingerprint density at radius 2 is 1.94 bits per heavy atom. The summed E-state index contributed by atoms with van der Waals surface area (Å²) in [7, 11) is 0. The van der Waals surface area contributed by atoms with Crippen LogP contribution in [0, 0.1) is 12.7 Å². The molecule has 3 heterocycles. The van der Waals surface area contributed by atoms with Crippen LogP contribution in [-0.4, -0.2) is 21.0 Å². The van der Waals surface area contributed by atoms with Gasteiger partial charge in [0.05, 0.1) is 24.1 Å². The van der Waals surface area contributed by atoms with Gasteiger partial charge in [0.2, 0.25) is 0 Å². The van der Waals surface area contributed by atoms with Crippen LogP contribution in [0.3, 0.4) is 0 Å². The number of aromatic nitrogens is 3. The van der Waals surface area contributed by atoms with Gasteiger partial charge in [0.1, 0.15) is 28.9 Å². The molecule has 33 heavy (non-hydrogen) atoms. The molecule has 0 saturated carbocycles. The fourth-order valence-electron chi connectivity index (χ4n) is 3.57. The molecule has 3 aromatic heterocycles. The summed E-state index contributed by atoms with van der Waals surface area (Å²) in [6.45, 7) is 2.11. The van der Waals surface area contributed by atoms with Crippen LogP contribution in [0.5, 0.6) is 0 Å². The smallest absolute Gasteiger partial charge is 0.251 e. The van der Waals surface area contributed by atoms with Gasteiger partial charge in [-0.1, -0.05) is 29.4 Å². The van der Waals surface area contributed by atoms with Crippen molar-refractivity contribution in [3.8, 4) is 33.9 Å². The van der Waals surface area contributed by atoms with E-state index >= 15 is 0 Å². The summed E-state index contributed by atoms with van der Waals surface area (Å²) in [6.07, 6.45) is 3.32. The van der Waals surface area contributed by atoms with Crippen LogP contribution in [0.4, 0.5) is 4.39 Å². The molecule has 2 N–H and O–H groups in total. The van der Waals surface area contributed by atoms with E-state index in [-0.39, 0.29) is 11.7 Å². The van der Waals surface area contributed by atoms with Gasteiger partial charge in [-0.05, 0) is 43.3 Å². The Hall–Kier alpha value is -4.46. The highest BCUT2D eigenvalue weighted by Crippen LogP contribution is 2.34. The molecule has 5 rings (SSSR count). The molecule has 5 aromatic rings. The largest absolute Gasteiger partial charge is 0.467 e. The van der Waals surface area contributed by atoms with Crippen molar-refractivity contribution in [3.63, 3.8) is 0 Å². The SMILES string of the molecule is Cc1onc(-c2cccc(F)c2)c1-c1c[nH]c(-c2ccc(C(=O)NCc3ccco3)cc2)n1. The molecule has 0 aliphatic rings. The van der Waals surface area contributed by atoms with E-state index in [1.807, 2.05) is 12.1 Å². The van der Waals surface area contributed by atoms with Gasteiger partial charge in [-0.25, -0.2) is 9.37 Å². The number of hydrogen-bond acceptors (Lipinski definition) is 5. The van der Waals surface area contributed by atoms with E-state index < -0.39 is 0 Å². The molecule has 0 saturated heterocycles. The first kappa shape index (κ1) is 20.4. The Balaban J connectivity index is 1.36. The molecule has 8 heteroatoms. The molecular weight excluding hydrogens is 423 g/mol. The fraction of sp³-hybridized carbons (Fsp3) is 0.0800. The van der Waals surface area contributed by atoms with Crippen molar-refractivity contribution in [2.75, 3.05) is 0 Å². The van der Waals surface area contributed by atoms with Crippen molar-refractivity contribution in [1.29, 1.82) is 0 Å². The number of amides is 1. The highest BCUT2D eigenvalue weighted by Gasteiger charge is 2.20. The lowest BCUT2D eigenvalue weighted by Gasteiger charge is -2.04. The number of rotatable bonds is 6. The van der Waals surface area contributed by atoms with E-state index in [0.717, 1.165) is 5.56 Å². The van der Waals surface area contributed by atoms with Gasteiger partial charge in [0, 0.05) is 22.9 Å². The minimum absolute atomic E-state index is 0.196. The first-order valence-electron chi connectivity index (χ1n) is 10.3. The minimum atomic E-state index is -0.352. The van der Waals surface area contributed by atoms with Crippen molar-refractivity contribution in [3.05, 3.63) is 96.0 Å². The first-order chi connectivity index (χ1) is 16.1. The molecule has 0 unspecified atom stereocenters. The van der Waals surface area contributed by atoms with Crippen LogP contribution in [0.1, 0.15) is 21.9 Å². The summed E-state index contributed by atoms with van der Waals surface area (Å²) >= 11 is 0. The molecule has 164 valence electrons. The fourth-order valence-corrected chi connectivity index (χ4v) is 3.57. The molecule has 0 bridgehead atoms. The molecular formula is C25H19FN4O3. The van der Waals surface area contributed by atoms with Crippen molar-refractivity contribution >= 4 is 5.91 Å². The van der Waals surface area contributed by atoms with Crippen LogP contribution in [-0.2, 0) is 6.54 Å². The van der Waals surface area contributed by atoms with E-state index in [1.54, 1.807) is 55.8 Å². The van der Waals surface area contributed by atoms with Gasteiger partial charge in [0.25, 0.3) is 5.91 Å². The molecule has 1 amide bonds. The van der Waals surface area contributed by atoms with Crippen LogP contribution in [0.15, 0.2) is 82.1 Å². The second kappa shape index (κ2) is 8.58. The molecule has 0 fully saturated rings. The van der Waals surface area contributed by atoms with Crippen molar-refractivity contribution in [2.24, 2.45) is 0 Å². The van der Waals surface area contributed by atoms with E-state index in [2.05, 4.69) is 20.4 Å². The number of H-pyrrole nitrogens is 1. The average Bonchev–Trinajstić information content (AvgIpc) is 3.58. The number of nitrogens with one attached hydrogen (secondary N) is 2. The maximum atomic E-state index is 13.7. The van der Waals surface area contributed by atoms with Gasteiger partial charge < -0.3 is 19.2 Å². The summed E-state index contributed by atoms with van der Waals surface area (Å²) in [6, 6.07) is 16.9. The first-order valence-corrected chi connectivity index (χ1v) is 10.3. The number of halogens is 1. The van der Waals surface area contributed by atoms with E-state index in [1.165, 1.54) is 12.1 Å².